The Morgan fingerprint density at radius 1 is 1.35 bits per heavy atom. The van der Waals surface area contributed by atoms with Crippen LogP contribution in [0.25, 0.3) is 0 Å². The Bertz CT molecular complexity index is 372. The third-order valence-corrected chi connectivity index (χ3v) is 3.44. The van der Waals surface area contributed by atoms with Crippen molar-refractivity contribution in [1.29, 1.82) is 0 Å². The number of ether oxygens (including phenoxy) is 1. The molecule has 3 heteroatoms. The molecule has 1 aliphatic heterocycles. The lowest BCUT2D eigenvalue weighted by molar-refractivity contribution is 0.311. The molecular formula is C14H22N2O. The molecule has 2 rings (SSSR count). The first-order chi connectivity index (χ1) is 8.20. The molecule has 1 unspecified atom stereocenters. The molecule has 2 N–H and O–H groups in total. The van der Waals surface area contributed by atoms with E-state index in [0.717, 1.165) is 17.9 Å². The number of hydrogen-bond donors (Lipinski definition) is 1. The second kappa shape index (κ2) is 5.52. The third kappa shape index (κ3) is 2.99. The van der Waals surface area contributed by atoms with Crippen molar-refractivity contribution in [1.82, 2.24) is 4.90 Å². The molecule has 0 bridgehead atoms. The van der Waals surface area contributed by atoms with Crippen LogP contribution in [0, 0.1) is 6.92 Å². The van der Waals surface area contributed by atoms with Crippen LogP contribution in [0.15, 0.2) is 18.2 Å². The smallest absolute Gasteiger partial charge is 0.123 e. The number of rotatable bonds is 4. The number of benzene rings is 1. The van der Waals surface area contributed by atoms with Crippen molar-refractivity contribution in [3.8, 4) is 5.75 Å². The summed E-state index contributed by atoms with van der Waals surface area (Å²) in [4.78, 5) is 2.44. The third-order valence-electron chi connectivity index (χ3n) is 3.44. The second-order valence-electron chi connectivity index (χ2n) is 4.86. The Balaban J connectivity index is 2.11. The molecule has 0 aromatic heterocycles. The first kappa shape index (κ1) is 12.4. The molecule has 1 saturated heterocycles. The number of nitrogens with two attached hydrogens (primary N) is 1. The van der Waals surface area contributed by atoms with Gasteiger partial charge in [-0.25, -0.2) is 0 Å². The lowest BCUT2D eigenvalue weighted by Gasteiger charge is -2.22. The van der Waals surface area contributed by atoms with Gasteiger partial charge >= 0.3 is 0 Å². The standard InChI is InChI=1S/C14H22N2O/c1-11-5-6-14(17-2)12(9-11)13(15)10-16-7-3-4-8-16/h5-6,9,13H,3-4,7-8,10,15H2,1-2H3. The Morgan fingerprint density at radius 2 is 2.06 bits per heavy atom. The molecule has 1 fully saturated rings. The van der Waals surface area contributed by atoms with Crippen LogP contribution >= 0.6 is 0 Å². The summed E-state index contributed by atoms with van der Waals surface area (Å²) in [7, 11) is 1.71. The topological polar surface area (TPSA) is 38.5 Å². The number of methoxy groups -OCH3 is 1. The van der Waals surface area contributed by atoms with Crippen LogP contribution < -0.4 is 10.5 Å². The first-order valence-electron chi connectivity index (χ1n) is 6.33. The predicted octanol–water partition coefficient (Wildman–Crippen LogP) is 2.10. The normalized spacial score (nSPS) is 18.3. The number of likely N-dealkylation sites (tertiary alicyclic amines) is 1. The Morgan fingerprint density at radius 3 is 2.71 bits per heavy atom. The highest BCUT2D eigenvalue weighted by molar-refractivity contribution is 5.39. The Hall–Kier alpha value is -1.06. The maximum absolute atomic E-state index is 6.30. The van der Waals surface area contributed by atoms with E-state index in [0.29, 0.717) is 0 Å². The fourth-order valence-electron chi connectivity index (χ4n) is 2.49. The largest absolute Gasteiger partial charge is 0.496 e. The molecule has 1 aliphatic rings. The van der Waals surface area contributed by atoms with Crippen LogP contribution in [0.3, 0.4) is 0 Å². The van der Waals surface area contributed by atoms with Gasteiger partial charge < -0.3 is 15.4 Å². The van der Waals surface area contributed by atoms with E-state index in [-0.39, 0.29) is 6.04 Å². The second-order valence-corrected chi connectivity index (χ2v) is 4.86. The average molecular weight is 234 g/mol. The molecule has 0 spiro atoms. The van der Waals surface area contributed by atoms with Gasteiger partial charge in [-0.15, -0.1) is 0 Å². The van der Waals surface area contributed by atoms with Crippen molar-refractivity contribution in [2.75, 3.05) is 26.7 Å². The molecule has 1 aromatic carbocycles. The SMILES string of the molecule is COc1ccc(C)cc1C(N)CN1CCCC1. The van der Waals surface area contributed by atoms with Crippen LogP contribution in [0.1, 0.15) is 30.0 Å². The lowest BCUT2D eigenvalue weighted by atomic mass is 10.0. The van der Waals surface area contributed by atoms with Gasteiger partial charge in [0, 0.05) is 18.2 Å². The molecule has 0 aliphatic carbocycles. The molecule has 94 valence electrons. The van der Waals surface area contributed by atoms with E-state index >= 15 is 0 Å². The van der Waals surface area contributed by atoms with Crippen LogP contribution in [0.4, 0.5) is 0 Å². The summed E-state index contributed by atoms with van der Waals surface area (Å²) in [5.41, 5.74) is 8.66. The predicted molar refractivity (Wildman–Crippen MR) is 70.3 cm³/mol. The fourth-order valence-corrected chi connectivity index (χ4v) is 2.49. The van der Waals surface area contributed by atoms with Gasteiger partial charge in [0.25, 0.3) is 0 Å². The number of hydrogen-bond acceptors (Lipinski definition) is 3. The first-order valence-corrected chi connectivity index (χ1v) is 6.33. The summed E-state index contributed by atoms with van der Waals surface area (Å²) in [6, 6.07) is 6.25. The van der Waals surface area contributed by atoms with Crippen molar-refractivity contribution in [2.45, 2.75) is 25.8 Å². The average Bonchev–Trinajstić information content (AvgIpc) is 2.81. The van der Waals surface area contributed by atoms with E-state index < -0.39 is 0 Å². The lowest BCUT2D eigenvalue weighted by Crippen LogP contribution is -2.30. The van der Waals surface area contributed by atoms with Crippen molar-refractivity contribution in [3.05, 3.63) is 29.3 Å². The zero-order valence-corrected chi connectivity index (χ0v) is 10.8. The highest BCUT2D eigenvalue weighted by atomic mass is 16.5. The molecule has 0 radical (unpaired) electrons. The summed E-state index contributed by atoms with van der Waals surface area (Å²) >= 11 is 0. The summed E-state index contributed by atoms with van der Waals surface area (Å²) in [6.45, 7) is 5.38. The van der Waals surface area contributed by atoms with Crippen LogP contribution in [-0.4, -0.2) is 31.6 Å². The van der Waals surface area contributed by atoms with Gasteiger partial charge in [0.2, 0.25) is 0 Å². The van der Waals surface area contributed by atoms with E-state index in [1.165, 1.54) is 31.5 Å². The van der Waals surface area contributed by atoms with E-state index in [1.54, 1.807) is 7.11 Å². The van der Waals surface area contributed by atoms with E-state index in [9.17, 15) is 0 Å². The minimum Gasteiger partial charge on any atom is -0.496 e. The van der Waals surface area contributed by atoms with E-state index in [1.807, 2.05) is 6.07 Å². The highest BCUT2D eigenvalue weighted by Gasteiger charge is 2.18. The van der Waals surface area contributed by atoms with Gasteiger partial charge in [0.1, 0.15) is 5.75 Å². The highest BCUT2D eigenvalue weighted by Crippen LogP contribution is 2.26. The summed E-state index contributed by atoms with van der Waals surface area (Å²) in [5, 5.41) is 0. The maximum Gasteiger partial charge on any atom is 0.123 e. The van der Waals surface area contributed by atoms with Crippen molar-refractivity contribution in [2.24, 2.45) is 5.73 Å². The van der Waals surface area contributed by atoms with E-state index in [4.69, 9.17) is 10.5 Å². The monoisotopic (exact) mass is 234 g/mol. The molecule has 3 nitrogen and oxygen atoms in total. The number of aryl methyl sites for hydroxylation is 1. The summed E-state index contributed by atoms with van der Waals surface area (Å²) in [5.74, 6) is 0.905. The zero-order chi connectivity index (χ0) is 12.3. The molecule has 0 amide bonds. The molecule has 0 saturated carbocycles. The summed E-state index contributed by atoms with van der Waals surface area (Å²) < 4.78 is 5.39. The number of nitrogens with zero attached hydrogens (tertiary/aromatic N) is 1. The van der Waals surface area contributed by atoms with Gasteiger partial charge in [-0.3, -0.25) is 0 Å². The van der Waals surface area contributed by atoms with Crippen LogP contribution in [-0.2, 0) is 0 Å². The molecule has 1 atom stereocenters. The van der Waals surface area contributed by atoms with E-state index in [2.05, 4.69) is 24.0 Å². The van der Waals surface area contributed by atoms with Gasteiger partial charge in [0.15, 0.2) is 0 Å². The maximum atomic E-state index is 6.30. The van der Waals surface area contributed by atoms with Gasteiger partial charge in [-0.05, 0) is 38.9 Å². The molecular weight excluding hydrogens is 212 g/mol. The van der Waals surface area contributed by atoms with Gasteiger partial charge in [0.05, 0.1) is 7.11 Å². The van der Waals surface area contributed by atoms with Crippen molar-refractivity contribution in [3.63, 3.8) is 0 Å². The minimum atomic E-state index is 0.0444. The van der Waals surface area contributed by atoms with Crippen LogP contribution in [0.5, 0.6) is 5.75 Å². The molecule has 1 aromatic rings. The Kier molecular flexibility index (Phi) is 4.02. The van der Waals surface area contributed by atoms with Crippen molar-refractivity contribution < 1.29 is 4.74 Å². The fraction of sp³-hybridized carbons (Fsp3) is 0.571. The minimum absolute atomic E-state index is 0.0444. The quantitative estimate of drug-likeness (QED) is 0.867. The van der Waals surface area contributed by atoms with Crippen molar-refractivity contribution >= 4 is 0 Å². The Labute approximate surface area is 104 Å². The van der Waals surface area contributed by atoms with Gasteiger partial charge in [-0.2, -0.15) is 0 Å². The molecule has 17 heavy (non-hydrogen) atoms. The van der Waals surface area contributed by atoms with Crippen LogP contribution in [0.2, 0.25) is 0 Å². The molecule has 1 heterocycles. The summed E-state index contributed by atoms with van der Waals surface area (Å²) in [6.07, 6.45) is 2.61. The van der Waals surface area contributed by atoms with Gasteiger partial charge in [-0.1, -0.05) is 17.7 Å². The zero-order valence-electron chi connectivity index (χ0n) is 10.8.